The number of rotatable bonds is 8. The van der Waals surface area contributed by atoms with Gasteiger partial charge in [-0.1, -0.05) is 36.4 Å². The molecule has 0 aliphatic carbocycles. The Hall–Kier alpha value is -5.26. The van der Waals surface area contributed by atoms with Gasteiger partial charge in [-0.2, -0.15) is 0 Å². The zero-order valence-electron chi connectivity index (χ0n) is 18.2. The van der Waals surface area contributed by atoms with E-state index in [0.717, 1.165) is 18.2 Å². The van der Waals surface area contributed by atoms with Crippen LogP contribution in [0.2, 0.25) is 0 Å². The highest BCUT2D eigenvalue weighted by atomic mass is 16.6. The maximum absolute atomic E-state index is 13.1. The number of Topliss-reactive ketones (excluding diaryl/α,β-unsaturated/α-hetero) is 1. The van der Waals surface area contributed by atoms with Crippen molar-refractivity contribution >= 4 is 34.9 Å². The van der Waals surface area contributed by atoms with E-state index in [1.54, 1.807) is 18.2 Å². The number of esters is 1. The number of ketones is 1. The molecule has 4 rings (SSSR count). The van der Waals surface area contributed by atoms with Crippen LogP contribution in [0.15, 0.2) is 72.8 Å². The van der Waals surface area contributed by atoms with Crippen LogP contribution in [0.5, 0.6) is 0 Å². The van der Waals surface area contributed by atoms with E-state index in [9.17, 15) is 39.4 Å². The number of hydrogen-bond donors (Lipinski definition) is 0. The van der Waals surface area contributed by atoms with Crippen LogP contribution in [-0.4, -0.2) is 44.9 Å². The minimum absolute atomic E-state index is 0.126. The van der Waals surface area contributed by atoms with Gasteiger partial charge in [0, 0.05) is 29.3 Å². The lowest BCUT2D eigenvalue weighted by Crippen LogP contribution is -2.36. The first kappa shape index (κ1) is 23.9. The predicted octanol–water partition coefficient (Wildman–Crippen LogP) is 3.27. The Balaban J connectivity index is 1.60. The van der Waals surface area contributed by atoms with Gasteiger partial charge >= 0.3 is 5.97 Å². The zero-order chi connectivity index (χ0) is 26.0. The molecule has 2 amide bonds. The first-order chi connectivity index (χ1) is 17.2. The summed E-state index contributed by atoms with van der Waals surface area (Å²) in [6.07, 6.45) is -1.54. The summed E-state index contributed by atoms with van der Waals surface area (Å²) in [4.78, 5) is 72.6. The minimum Gasteiger partial charge on any atom is -0.448 e. The summed E-state index contributed by atoms with van der Waals surface area (Å²) < 4.78 is 5.35. The number of nitro benzene ring substituents is 2. The van der Waals surface area contributed by atoms with Gasteiger partial charge in [-0.15, -0.1) is 0 Å². The Bertz CT molecular complexity index is 1420. The summed E-state index contributed by atoms with van der Waals surface area (Å²) in [5.41, 5.74) is -1.18. The maximum Gasteiger partial charge on any atom is 0.327 e. The molecule has 12 nitrogen and oxygen atoms in total. The Labute approximate surface area is 202 Å². The third-order valence-corrected chi connectivity index (χ3v) is 5.41. The van der Waals surface area contributed by atoms with Gasteiger partial charge in [0.1, 0.15) is 12.1 Å². The van der Waals surface area contributed by atoms with E-state index in [1.165, 1.54) is 36.4 Å². The molecule has 3 aromatic rings. The van der Waals surface area contributed by atoms with Crippen LogP contribution in [-0.2, 0) is 9.53 Å². The highest BCUT2D eigenvalue weighted by Gasteiger charge is 2.42. The van der Waals surface area contributed by atoms with E-state index in [0.29, 0.717) is 4.90 Å². The number of carbonyl (C=O) groups excluding carboxylic acids is 4. The summed E-state index contributed by atoms with van der Waals surface area (Å²) in [5, 5.41) is 22.2. The van der Waals surface area contributed by atoms with Crippen LogP contribution < -0.4 is 0 Å². The van der Waals surface area contributed by atoms with Crippen LogP contribution in [0.3, 0.4) is 0 Å². The van der Waals surface area contributed by atoms with E-state index in [2.05, 4.69) is 0 Å². The average molecular weight is 489 g/mol. The lowest BCUT2D eigenvalue weighted by Gasteiger charge is -2.19. The number of imide groups is 1. The number of hydrogen-bond acceptors (Lipinski definition) is 9. The lowest BCUT2D eigenvalue weighted by atomic mass is 9.99. The molecule has 0 spiro atoms. The molecule has 0 radical (unpaired) electrons. The van der Waals surface area contributed by atoms with E-state index in [1.807, 2.05) is 0 Å². The van der Waals surface area contributed by atoms with Crippen LogP contribution in [0.4, 0.5) is 11.4 Å². The normalized spacial score (nSPS) is 13.2. The second kappa shape index (κ2) is 9.54. The highest BCUT2D eigenvalue weighted by molar-refractivity contribution is 6.24. The fraction of sp³-hybridized carbons (Fsp3) is 0.0833. The molecule has 1 heterocycles. The number of nitrogens with zero attached hydrogens (tertiary/aromatic N) is 3. The summed E-state index contributed by atoms with van der Waals surface area (Å²) in [7, 11) is 0. The van der Waals surface area contributed by atoms with Crippen molar-refractivity contribution in [2.24, 2.45) is 0 Å². The monoisotopic (exact) mass is 489 g/mol. The summed E-state index contributed by atoms with van der Waals surface area (Å²) in [6, 6.07) is 16.1. The Morgan fingerprint density at radius 2 is 1.50 bits per heavy atom. The molecule has 1 aliphatic rings. The van der Waals surface area contributed by atoms with Crippen molar-refractivity contribution in [1.29, 1.82) is 0 Å². The van der Waals surface area contributed by atoms with Gasteiger partial charge in [-0.3, -0.25) is 44.3 Å². The number of fused-ring (bicyclic) bond motifs is 1. The van der Waals surface area contributed by atoms with Crippen LogP contribution in [0.25, 0.3) is 0 Å². The molecule has 0 saturated carbocycles. The van der Waals surface area contributed by atoms with Gasteiger partial charge in [0.2, 0.25) is 5.78 Å². The first-order valence-electron chi connectivity index (χ1n) is 10.4. The number of amides is 2. The number of carbonyl (C=O) groups is 4. The molecule has 0 aromatic heterocycles. The van der Waals surface area contributed by atoms with E-state index >= 15 is 0 Å². The SMILES string of the molecule is O=C(CN1C(=O)c2cccc([N+](=O)[O-])c2C1=O)O[C@@H](C(=O)c1ccccc1)c1ccc([N+](=O)[O-])cc1. The predicted molar refractivity (Wildman–Crippen MR) is 121 cm³/mol. The van der Waals surface area contributed by atoms with Crippen molar-refractivity contribution < 1.29 is 33.8 Å². The Morgan fingerprint density at radius 1 is 0.833 bits per heavy atom. The molecule has 180 valence electrons. The fourth-order valence-corrected chi connectivity index (χ4v) is 3.71. The van der Waals surface area contributed by atoms with E-state index in [-0.39, 0.29) is 22.4 Å². The zero-order valence-corrected chi connectivity index (χ0v) is 18.2. The number of nitro groups is 2. The molecule has 12 heteroatoms. The second-order valence-corrected chi connectivity index (χ2v) is 7.60. The standard InChI is InChI=1S/C24H15N3O9/c28-19(13-25-23(30)17-7-4-8-18(27(34)35)20(17)24(25)31)36-22(21(29)14-5-2-1-3-6-14)15-9-11-16(12-10-15)26(32)33/h1-12,22H,13H2/t22-/m1/s1. The molecule has 1 aliphatic heterocycles. The average Bonchev–Trinajstić information content (AvgIpc) is 3.12. The minimum atomic E-state index is -1.54. The molecule has 3 aromatic carbocycles. The molecular weight excluding hydrogens is 474 g/mol. The van der Waals surface area contributed by atoms with Crippen molar-refractivity contribution in [3.8, 4) is 0 Å². The van der Waals surface area contributed by atoms with E-state index < -0.39 is 57.3 Å². The van der Waals surface area contributed by atoms with Crippen molar-refractivity contribution in [3.63, 3.8) is 0 Å². The summed E-state index contributed by atoms with van der Waals surface area (Å²) in [5.74, 6) is -3.74. The van der Waals surface area contributed by atoms with Gasteiger partial charge in [-0.05, 0) is 18.2 Å². The van der Waals surface area contributed by atoms with Crippen LogP contribution in [0.1, 0.15) is 42.7 Å². The van der Waals surface area contributed by atoms with Crippen molar-refractivity contribution in [1.82, 2.24) is 4.90 Å². The van der Waals surface area contributed by atoms with Gasteiger partial charge < -0.3 is 4.74 Å². The van der Waals surface area contributed by atoms with Crippen molar-refractivity contribution in [2.45, 2.75) is 6.10 Å². The quantitative estimate of drug-likeness (QED) is 0.152. The van der Waals surface area contributed by atoms with Crippen molar-refractivity contribution in [2.75, 3.05) is 6.54 Å². The Kier molecular flexibility index (Phi) is 6.33. The molecule has 0 N–H and O–H groups in total. The molecule has 0 bridgehead atoms. The highest BCUT2D eigenvalue weighted by Crippen LogP contribution is 2.31. The third kappa shape index (κ3) is 4.42. The molecule has 0 unspecified atom stereocenters. The summed E-state index contributed by atoms with van der Waals surface area (Å²) >= 11 is 0. The topological polar surface area (TPSA) is 167 Å². The van der Waals surface area contributed by atoms with Crippen molar-refractivity contribution in [3.05, 3.63) is 115 Å². The fourth-order valence-electron chi connectivity index (χ4n) is 3.71. The van der Waals surface area contributed by atoms with Gasteiger partial charge in [0.15, 0.2) is 6.10 Å². The van der Waals surface area contributed by atoms with Crippen LogP contribution in [0, 0.1) is 20.2 Å². The van der Waals surface area contributed by atoms with Gasteiger partial charge in [-0.25, -0.2) is 0 Å². The molecule has 0 saturated heterocycles. The smallest absolute Gasteiger partial charge is 0.327 e. The third-order valence-electron chi connectivity index (χ3n) is 5.41. The van der Waals surface area contributed by atoms with Gasteiger partial charge in [0.25, 0.3) is 23.2 Å². The number of ether oxygens (including phenoxy) is 1. The summed E-state index contributed by atoms with van der Waals surface area (Å²) in [6.45, 7) is -0.908. The number of benzene rings is 3. The first-order valence-corrected chi connectivity index (χ1v) is 10.4. The molecule has 0 fully saturated rings. The maximum atomic E-state index is 13.1. The molecular formula is C24H15N3O9. The van der Waals surface area contributed by atoms with E-state index in [4.69, 9.17) is 4.74 Å². The largest absolute Gasteiger partial charge is 0.448 e. The number of non-ortho nitro benzene ring substituents is 1. The molecule has 1 atom stereocenters. The Morgan fingerprint density at radius 3 is 2.11 bits per heavy atom. The van der Waals surface area contributed by atoms with Crippen LogP contribution >= 0.6 is 0 Å². The molecule has 36 heavy (non-hydrogen) atoms. The van der Waals surface area contributed by atoms with Gasteiger partial charge in [0.05, 0.1) is 15.4 Å². The lowest BCUT2D eigenvalue weighted by molar-refractivity contribution is -0.385. The second-order valence-electron chi connectivity index (χ2n) is 7.60.